The summed E-state index contributed by atoms with van der Waals surface area (Å²) in [6.07, 6.45) is 3.05. The van der Waals surface area contributed by atoms with Gasteiger partial charge < -0.3 is 19.6 Å². The number of nitrogens with zero attached hydrogens (tertiary/aromatic N) is 2. The molecule has 1 aromatic carbocycles. The van der Waals surface area contributed by atoms with Crippen LogP contribution in [0.5, 0.6) is 0 Å². The van der Waals surface area contributed by atoms with Gasteiger partial charge in [-0.1, -0.05) is 64.5 Å². The lowest BCUT2D eigenvalue weighted by atomic mass is 9.90. The van der Waals surface area contributed by atoms with Crippen molar-refractivity contribution in [1.29, 1.82) is 0 Å². The highest BCUT2D eigenvalue weighted by atomic mass is 16.5. The quantitative estimate of drug-likeness (QED) is 0.389. The maximum absolute atomic E-state index is 13.3. The van der Waals surface area contributed by atoms with Crippen LogP contribution in [0, 0.1) is 5.41 Å². The molecular formula is C24H34N2O5. The highest BCUT2D eigenvalue weighted by Gasteiger charge is 2.50. The van der Waals surface area contributed by atoms with Crippen LogP contribution in [-0.4, -0.2) is 64.7 Å². The van der Waals surface area contributed by atoms with Crippen LogP contribution in [0.15, 0.2) is 42.5 Å². The van der Waals surface area contributed by atoms with E-state index in [0.29, 0.717) is 5.56 Å². The fourth-order valence-electron chi connectivity index (χ4n) is 3.77. The summed E-state index contributed by atoms with van der Waals surface area (Å²) < 4.78 is 5.02. The molecule has 0 saturated carbocycles. The van der Waals surface area contributed by atoms with Crippen molar-refractivity contribution >= 4 is 17.8 Å². The molecule has 170 valence electrons. The molecule has 2 amide bonds. The monoisotopic (exact) mass is 430 g/mol. The van der Waals surface area contributed by atoms with Gasteiger partial charge in [-0.3, -0.25) is 9.59 Å². The van der Waals surface area contributed by atoms with Crippen LogP contribution in [0.1, 0.15) is 57.3 Å². The number of aliphatic hydroxyl groups excluding tert-OH is 1. The van der Waals surface area contributed by atoms with E-state index >= 15 is 0 Å². The van der Waals surface area contributed by atoms with Gasteiger partial charge in [0.1, 0.15) is 12.2 Å². The number of carbonyl (C=O) groups is 3. The Bertz CT molecular complexity index is 800. The van der Waals surface area contributed by atoms with Crippen LogP contribution < -0.4 is 0 Å². The zero-order valence-corrected chi connectivity index (χ0v) is 19.1. The van der Waals surface area contributed by atoms with Crippen molar-refractivity contribution in [2.24, 2.45) is 5.41 Å². The van der Waals surface area contributed by atoms with Crippen LogP contribution in [0.4, 0.5) is 0 Å². The fourth-order valence-corrected chi connectivity index (χ4v) is 3.77. The van der Waals surface area contributed by atoms with E-state index < -0.39 is 24.3 Å². The molecular weight excluding hydrogens is 396 g/mol. The first-order valence-corrected chi connectivity index (χ1v) is 10.7. The zero-order chi connectivity index (χ0) is 23.2. The van der Waals surface area contributed by atoms with E-state index in [-0.39, 0.29) is 30.3 Å². The minimum Gasteiger partial charge on any atom is -0.464 e. The summed E-state index contributed by atoms with van der Waals surface area (Å²) in [5.41, 5.74) is 0.123. The standard InChI is InChI=1S/C24H34N2O5/c1-6-7-16-31-22(30)19(27)15-11-14-18-21(29)25(5)23(24(2,3)4)26(18)20(28)17-12-9-8-10-13-17/h8-14,18-19,23,27H,6-7,15-16H2,1-5H3/b14-11+/t18-,19-,23-/m0/s1. The van der Waals surface area contributed by atoms with Crippen LogP contribution in [0.25, 0.3) is 0 Å². The maximum Gasteiger partial charge on any atom is 0.335 e. The lowest BCUT2D eigenvalue weighted by Gasteiger charge is -2.38. The SMILES string of the molecule is CCCCOC(=O)[C@@H](O)C/C=C/[C@H]1C(=O)N(C)[C@H](C(C)(C)C)N1C(=O)c1ccccc1. The largest absolute Gasteiger partial charge is 0.464 e. The summed E-state index contributed by atoms with van der Waals surface area (Å²) in [5, 5.41) is 10.0. The average Bonchev–Trinajstić information content (AvgIpc) is 2.99. The molecule has 1 heterocycles. The smallest absolute Gasteiger partial charge is 0.335 e. The average molecular weight is 431 g/mol. The number of unbranched alkanes of at least 4 members (excludes halogenated alkanes) is 1. The Labute approximate surface area is 184 Å². The van der Waals surface area contributed by atoms with Gasteiger partial charge >= 0.3 is 5.97 Å². The number of carbonyl (C=O) groups excluding carboxylic acids is 3. The van der Waals surface area contributed by atoms with E-state index in [1.54, 1.807) is 53.3 Å². The number of amides is 2. The van der Waals surface area contributed by atoms with Gasteiger partial charge in [-0.15, -0.1) is 0 Å². The summed E-state index contributed by atoms with van der Waals surface area (Å²) in [4.78, 5) is 41.4. The topological polar surface area (TPSA) is 87.2 Å². The molecule has 2 rings (SSSR count). The van der Waals surface area contributed by atoms with E-state index in [0.717, 1.165) is 12.8 Å². The molecule has 0 aliphatic carbocycles. The van der Waals surface area contributed by atoms with Gasteiger partial charge in [0.25, 0.3) is 11.8 Å². The lowest BCUT2D eigenvalue weighted by molar-refractivity contribution is -0.153. The molecule has 31 heavy (non-hydrogen) atoms. The second-order valence-corrected chi connectivity index (χ2v) is 8.91. The second kappa shape index (κ2) is 10.6. The minimum absolute atomic E-state index is 0.00596. The van der Waals surface area contributed by atoms with Gasteiger partial charge in [0, 0.05) is 24.4 Å². The number of benzene rings is 1. The first-order valence-electron chi connectivity index (χ1n) is 10.7. The third-order valence-corrected chi connectivity index (χ3v) is 5.25. The molecule has 1 saturated heterocycles. The van der Waals surface area contributed by atoms with Crippen molar-refractivity contribution < 1.29 is 24.2 Å². The minimum atomic E-state index is -1.31. The fraction of sp³-hybridized carbons (Fsp3) is 0.542. The molecule has 0 radical (unpaired) electrons. The van der Waals surface area contributed by atoms with Gasteiger partial charge in [-0.2, -0.15) is 0 Å². The summed E-state index contributed by atoms with van der Waals surface area (Å²) in [5.74, 6) is -1.13. The molecule has 0 aromatic heterocycles. The van der Waals surface area contributed by atoms with Crippen LogP contribution in [0.3, 0.4) is 0 Å². The highest BCUT2D eigenvalue weighted by Crippen LogP contribution is 2.35. The van der Waals surface area contributed by atoms with Gasteiger partial charge in [0.2, 0.25) is 0 Å². The van der Waals surface area contributed by atoms with E-state index in [2.05, 4.69) is 0 Å². The van der Waals surface area contributed by atoms with Crippen molar-refractivity contribution in [1.82, 2.24) is 9.80 Å². The third-order valence-electron chi connectivity index (χ3n) is 5.25. The number of hydrogen-bond donors (Lipinski definition) is 1. The number of hydrogen-bond acceptors (Lipinski definition) is 5. The predicted molar refractivity (Wildman–Crippen MR) is 118 cm³/mol. The molecule has 7 nitrogen and oxygen atoms in total. The third kappa shape index (κ3) is 5.94. The molecule has 0 bridgehead atoms. The molecule has 0 unspecified atom stereocenters. The molecule has 1 N–H and O–H groups in total. The van der Waals surface area contributed by atoms with Crippen molar-refractivity contribution in [3.8, 4) is 0 Å². The summed E-state index contributed by atoms with van der Waals surface area (Å²) in [6.45, 7) is 8.20. The first kappa shape index (κ1) is 24.6. The molecule has 1 aromatic rings. The van der Waals surface area contributed by atoms with Crippen molar-refractivity contribution in [3.05, 3.63) is 48.0 Å². The predicted octanol–water partition coefficient (Wildman–Crippen LogP) is 2.99. The Morgan fingerprint density at radius 1 is 1.23 bits per heavy atom. The van der Waals surface area contributed by atoms with Crippen molar-refractivity contribution in [3.63, 3.8) is 0 Å². The summed E-state index contributed by atoms with van der Waals surface area (Å²) in [6, 6.07) is 8.03. The van der Waals surface area contributed by atoms with E-state index in [9.17, 15) is 19.5 Å². The second-order valence-electron chi connectivity index (χ2n) is 8.91. The van der Waals surface area contributed by atoms with Crippen molar-refractivity contribution in [2.75, 3.05) is 13.7 Å². The van der Waals surface area contributed by atoms with Gasteiger partial charge in [-0.05, 0) is 18.6 Å². The number of ether oxygens (including phenoxy) is 1. The lowest BCUT2D eigenvalue weighted by Crippen LogP contribution is -2.50. The summed E-state index contributed by atoms with van der Waals surface area (Å²) in [7, 11) is 1.69. The Morgan fingerprint density at radius 2 is 1.87 bits per heavy atom. The normalized spacial score (nSPS) is 20.4. The molecule has 3 atom stereocenters. The van der Waals surface area contributed by atoms with Gasteiger partial charge in [0.15, 0.2) is 6.10 Å². The first-order chi connectivity index (χ1) is 14.6. The Balaban J connectivity index is 2.22. The van der Waals surface area contributed by atoms with Crippen LogP contribution in [-0.2, 0) is 14.3 Å². The molecule has 0 spiro atoms. The van der Waals surface area contributed by atoms with Gasteiger partial charge in [0.05, 0.1) is 6.61 Å². The summed E-state index contributed by atoms with van der Waals surface area (Å²) >= 11 is 0. The molecule has 1 aliphatic rings. The van der Waals surface area contributed by atoms with E-state index in [1.807, 2.05) is 33.8 Å². The van der Waals surface area contributed by atoms with Gasteiger partial charge in [-0.25, -0.2) is 4.79 Å². The van der Waals surface area contributed by atoms with Crippen molar-refractivity contribution in [2.45, 2.75) is 65.3 Å². The molecule has 1 fully saturated rings. The van der Waals surface area contributed by atoms with E-state index in [4.69, 9.17) is 4.74 Å². The van der Waals surface area contributed by atoms with E-state index in [1.165, 1.54) is 0 Å². The Kier molecular flexibility index (Phi) is 8.39. The Hall–Kier alpha value is -2.67. The van der Waals surface area contributed by atoms with Crippen LogP contribution in [0.2, 0.25) is 0 Å². The zero-order valence-electron chi connectivity index (χ0n) is 19.1. The highest BCUT2D eigenvalue weighted by molar-refractivity contribution is 6.00. The number of esters is 1. The van der Waals surface area contributed by atoms with Crippen LogP contribution >= 0.6 is 0 Å². The molecule has 1 aliphatic heterocycles. The number of rotatable bonds is 8. The molecule has 7 heteroatoms. The number of aliphatic hydroxyl groups is 1. The Morgan fingerprint density at radius 3 is 2.45 bits per heavy atom. The number of likely N-dealkylation sites (N-methyl/N-ethyl adjacent to an activating group) is 1. The maximum atomic E-state index is 13.3.